The van der Waals surface area contributed by atoms with E-state index in [9.17, 15) is 4.79 Å². The molecule has 6 heteroatoms. The van der Waals surface area contributed by atoms with Gasteiger partial charge in [0.25, 0.3) is 0 Å². The van der Waals surface area contributed by atoms with Crippen molar-refractivity contribution >= 4 is 5.91 Å². The molecule has 0 radical (unpaired) electrons. The Morgan fingerprint density at radius 3 is 2.76 bits per heavy atom. The molecule has 29 heavy (non-hydrogen) atoms. The molecule has 1 aromatic heterocycles. The molecule has 148 valence electrons. The van der Waals surface area contributed by atoms with Crippen LogP contribution in [0.25, 0.3) is 0 Å². The summed E-state index contributed by atoms with van der Waals surface area (Å²) in [6, 6.07) is 18.9. The number of ether oxygens (including phenoxy) is 3. The minimum Gasteiger partial charge on any atom is -0.497 e. The number of methoxy groups -OCH3 is 1. The maximum absolute atomic E-state index is 12.6. The minimum absolute atomic E-state index is 0.0314. The Bertz CT molecular complexity index is 974. The second kappa shape index (κ2) is 8.65. The van der Waals surface area contributed by atoms with Gasteiger partial charge in [0.2, 0.25) is 11.8 Å². The van der Waals surface area contributed by atoms with Crippen LogP contribution in [-0.2, 0) is 17.8 Å². The van der Waals surface area contributed by atoms with E-state index in [0.29, 0.717) is 25.5 Å². The van der Waals surface area contributed by atoms with E-state index in [-0.39, 0.29) is 11.8 Å². The lowest BCUT2D eigenvalue weighted by Crippen LogP contribution is -2.37. The summed E-state index contributed by atoms with van der Waals surface area (Å²) in [6.07, 6.45) is 2.35. The number of amides is 1. The molecule has 1 atom stereocenters. The summed E-state index contributed by atoms with van der Waals surface area (Å²) < 4.78 is 16.6. The van der Waals surface area contributed by atoms with Crippen LogP contribution in [0.1, 0.15) is 11.1 Å². The minimum atomic E-state index is -0.218. The molecule has 0 saturated heterocycles. The number of hydrogen-bond acceptors (Lipinski definition) is 5. The molecular formula is C23H22N2O4. The molecule has 2 heterocycles. The van der Waals surface area contributed by atoms with Gasteiger partial charge in [-0.15, -0.1) is 0 Å². The Balaban J connectivity index is 1.30. The topological polar surface area (TPSA) is 69.7 Å². The van der Waals surface area contributed by atoms with Gasteiger partial charge in [0.05, 0.1) is 13.0 Å². The summed E-state index contributed by atoms with van der Waals surface area (Å²) in [5.41, 5.74) is 1.92. The van der Waals surface area contributed by atoms with E-state index in [0.717, 1.165) is 28.4 Å². The number of aromatic nitrogens is 1. The summed E-state index contributed by atoms with van der Waals surface area (Å²) in [4.78, 5) is 16.9. The van der Waals surface area contributed by atoms with Crippen molar-refractivity contribution in [2.24, 2.45) is 5.92 Å². The molecule has 1 aliphatic rings. The van der Waals surface area contributed by atoms with E-state index < -0.39 is 0 Å². The first kappa shape index (κ1) is 18.8. The van der Waals surface area contributed by atoms with Gasteiger partial charge in [-0.1, -0.05) is 30.3 Å². The lowest BCUT2D eigenvalue weighted by molar-refractivity contribution is -0.126. The van der Waals surface area contributed by atoms with Crippen LogP contribution in [0.15, 0.2) is 66.9 Å². The van der Waals surface area contributed by atoms with E-state index in [1.807, 2.05) is 54.6 Å². The molecule has 2 aromatic carbocycles. The normalized spacial score (nSPS) is 15.0. The van der Waals surface area contributed by atoms with Crippen molar-refractivity contribution in [2.45, 2.75) is 13.0 Å². The first-order chi connectivity index (χ1) is 14.2. The van der Waals surface area contributed by atoms with Crippen LogP contribution in [0.3, 0.4) is 0 Å². The molecule has 0 fully saturated rings. The van der Waals surface area contributed by atoms with E-state index in [2.05, 4.69) is 10.3 Å². The highest BCUT2D eigenvalue weighted by Gasteiger charge is 2.26. The van der Waals surface area contributed by atoms with Gasteiger partial charge in [-0.25, -0.2) is 4.98 Å². The number of para-hydroxylation sites is 1. The zero-order chi connectivity index (χ0) is 20.1. The molecule has 6 nitrogen and oxygen atoms in total. The van der Waals surface area contributed by atoms with Gasteiger partial charge in [-0.2, -0.15) is 0 Å². The Hall–Kier alpha value is -3.54. The van der Waals surface area contributed by atoms with Crippen molar-refractivity contribution in [3.05, 3.63) is 78.0 Å². The second-order valence-electron chi connectivity index (χ2n) is 6.82. The quantitative estimate of drug-likeness (QED) is 0.694. The van der Waals surface area contributed by atoms with Crippen LogP contribution >= 0.6 is 0 Å². The largest absolute Gasteiger partial charge is 0.497 e. The molecular weight excluding hydrogens is 368 g/mol. The van der Waals surface area contributed by atoms with E-state index in [1.165, 1.54) is 0 Å². The number of carbonyl (C=O) groups excluding carboxylic acids is 1. The molecule has 0 aliphatic carbocycles. The Morgan fingerprint density at radius 1 is 1.14 bits per heavy atom. The molecule has 0 spiro atoms. The van der Waals surface area contributed by atoms with Crippen LogP contribution in [0.5, 0.6) is 23.1 Å². The fourth-order valence-electron chi connectivity index (χ4n) is 3.17. The number of rotatable bonds is 6. The highest BCUT2D eigenvalue weighted by atomic mass is 16.5. The predicted octanol–water partition coefficient (Wildman–Crippen LogP) is 3.75. The highest BCUT2D eigenvalue weighted by Crippen LogP contribution is 2.31. The zero-order valence-electron chi connectivity index (χ0n) is 16.1. The molecule has 1 aliphatic heterocycles. The Morgan fingerprint density at radius 2 is 2.00 bits per heavy atom. The maximum Gasteiger partial charge on any atom is 0.227 e. The van der Waals surface area contributed by atoms with Gasteiger partial charge in [-0.05, 0) is 35.7 Å². The van der Waals surface area contributed by atoms with Crippen LogP contribution in [0, 0.1) is 5.92 Å². The van der Waals surface area contributed by atoms with Crippen LogP contribution in [-0.4, -0.2) is 24.6 Å². The van der Waals surface area contributed by atoms with Gasteiger partial charge in [-0.3, -0.25) is 4.79 Å². The van der Waals surface area contributed by atoms with Gasteiger partial charge < -0.3 is 19.5 Å². The van der Waals surface area contributed by atoms with Crippen molar-refractivity contribution in [1.29, 1.82) is 0 Å². The smallest absolute Gasteiger partial charge is 0.227 e. The third kappa shape index (κ3) is 4.66. The van der Waals surface area contributed by atoms with Crippen LogP contribution in [0.4, 0.5) is 0 Å². The lowest BCUT2D eigenvalue weighted by atomic mass is 9.96. The average Bonchev–Trinajstić information content (AvgIpc) is 2.78. The van der Waals surface area contributed by atoms with Crippen molar-refractivity contribution in [2.75, 3.05) is 13.7 Å². The summed E-state index contributed by atoms with van der Waals surface area (Å²) in [7, 11) is 1.62. The predicted molar refractivity (Wildman–Crippen MR) is 108 cm³/mol. The van der Waals surface area contributed by atoms with Crippen molar-refractivity contribution in [3.63, 3.8) is 0 Å². The molecule has 0 bridgehead atoms. The molecule has 1 N–H and O–H groups in total. The number of nitrogens with zero attached hydrogens (tertiary/aromatic N) is 1. The molecule has 4 rings (SSSR count). The van der Waals surface area contributed by atoms with E-state index in [4.69, 9.17) is 14.2 Å². The van der Waals surface area contributed by atoms with Gasteiger partial charge >= 0.3 is 0 Å². The number of benzene rings is 2. The van der Waals surface area contributed by atoms with Gasteiger partial charge in [0.15, 0.2) is 0 Å². The van der Waals surface area contributed by atoms with Crippen molar-refractivity contribution < 1.29 is 19.0 Å². The third-order valence-electron chi connectivity index (χ3n) is 4.78. The Kier molecular flexibility index (Phi) is 5.61. The fraction of sp³-hybridized carbons (Fsp3) is 0.217. The average molecular weight is 390 g/mol. The summed E-state index contributed by atoms with van der Waals surface area (Å²) >= 11 is 0. The SMILES string of the molecule is COc1ccc2c(c1)OC[C@H](C(=O)NCc1ccc(Oc3ccccc3)nc1)C2. The number of hydrogen-bond donors (Lipinski definition) is 1. The zero-order valence-corrected chi connectivity index (χ0v) is 16.1. The van der Waals surface area contributed by atoms with E-state index >= 15 is 0 Å². The van der Waals surface area contributed by atoms with Crippen LogP contribution < -0.4 is 19.5 Å². The number of nitrogens with one attached hydrogen (secondary N) is 1. The van der Waals surface area contributed by atoms with Gasteiger partial charge in [0.1, 0.15) is 23.9 Å². The molecule has 1 amide bonds. The number of pyridine rings is 1. The Labute approximate surface area is 169 Å². The summed E-state index contributed by atoms with van der Waals surface area (Å²) in [5.74, 6) is 2.53. The summed E-state index contributed by atoms with van der Waals surface area (Å²) in [5, 5.41) is 2.97. The maximum atomic E-state index is 12.6. The summed E-state index contributed by atoms with van der Waals surface area (Å²) in [6.45, 7) is 0.761. The van der Waals surface area contributed by atoms with Crippen molar-refractivity contribution in [3.8, 4) is 23.1 Å². The number of fused-ring (bicyclic) bond motifs is 1. The third-order valence-corrected chi connectivity index (χ3v) is 4.78. The molecule has 3 aromatic rings. The first-order valence-electron chi connectivity index (χ1n) is 9.46. The monoisotopic (exact) mass is 390 g/mol. The van der Waals surface area contributed by atoms with E-state index in [1.54, 1.807) is 19.4 Å². The molecule has 0 saturated carbocycles. The highest BCUT2D eigenvalue weighted by molar-refractivity contribution is 5.79. The fourth-order valence-corrected chi connectivity index (χ4v) is 3.17. The molecule has 0 unspecified atom stereocenters. The lowest BCUT2D eigenvalue weighted by Gasteiger charge is -2.25. The standard InChI is InChI=1S/C23H22N2O4/c1-27-20-9-8-17-11-18(15-28-21(17)12-20)23(26)25-14-16-7-10-22(24-13-16)29-19-5-3-2-4-6-19/h2-10,12-13,18H,11,14-15H2,1H3,(H,25,26)/t18-/m1/s1. The van der Waals surface area contributed by atoms with Crippen molar-refractivity contribution in [1.82, 2.24) is 10.3 Å². The van der Waals surface area contributed by atoms with Crippen LogP contribution in [0.2, 0.25) is 0 Å². The second-order valence-corrected chi connectivity index (χ2v) is 6.82. The first-order valence-corrected chi connectivity index (χ1v) is 9.46. The van der Waals surface area contributed by atoms with Gasteiger partial charge in [0, 0.05) is 24.9 Å². The number of carbonyl (C=O) groups is 1.